The van der Waals surface area contributed by atoms with Gasteiger partial charge in [-0.25, -0.2) is 0 Å². The van der Waals surface area contributed by atoms with Gasteiger partial charge in [-0.2, -0.15) is 0 Å². The zero-order valence-electron chi connectivity index (χ0n) is 8.86. The van der Waals surface area contributed by atoms with Gasteiger partial charge < -0.3 is 11.5 Å². The Kier molecular flexibility index (Phi) is 2.10. The maximum Gasteiger partial charge on any atom is -0.00429 e. The number of hydrogen-bond donors (Lipinski definition) is 2. The topological polar surface area (TPSA) is 52.0 Å². The van der Waals surface area contributed by atoms with Crippen LogP contribution in [0.2, 0.25) is 0 Å². The SMILES string of the molecule is NC[C@@H]1C[C@@H]2[C@@H]3CC[C@@H](C3)[C@@H]2[C@H]1CN. The molecular weight excluding hydrogens is 172 g/mol. The molecule has 0 unspecified atom stereocenters. The van der Waals surface area contributed by atoms with Gasteiger partial charge >= 0.3 is 0 Å². The zero-order valence-corrected chi connectivity index (χ0v) is 8.86. The van der Waals surface area contributed by atoms with Crippen molar-refractivity contribution in [3.8, 4) is 0 Å². The Hall–Kier alpha value is -0.0800. The summed E-state index contributed by atoms with van der Waals surface area (Å²) in [6.45, 7) is 1.75. The van der Waals surface area contributed by atoms with Crippen LogP contribution in [0.1, 0.15) is 25.7 Å². The van der Waals surface area contributed by atoms with Crippen LogP contribution in [0.5, 0.6) is 0 Å². The van der Waals surface area contributed by atoms with Crippen molar-refractivity contribution in [3.05, 3.63) is 0 Å². The van der Waals surface area contributed by atoms with Crippen molar-refractivity contribution in [2.45, 2.75) is 25.7 Å². The quantitative estimate of drug-likeness (QED) is 0.694. The molecule has 0 amide bonds. The fraction of sp³-hybridized carbons (Fsp3) is 1.00. The first-order valence-corrected chi connectivity index (χ1v) is 6.25. The molecule has 0 saturated heterocycles. The van der Waals surface area contributed by atoms with E-state index in [1.807, 2.05) is 0 Å². The van der Waals surface area contributed by atoms with E-state index in [9.17, 15) is 0 Å². The summed E-state index contributed by atoms with van der Waals surface area (Å²) in [5.74, 6) is 5.56. The molecule has 6 atom stereocenters. The first-order chi connectivity index (χ1) is 6.85. The normalized spacial score (nSPS) is 55.3. The lowest BCUT2D eigenvalue weighted by Gasteiger charge is -2.29. The van der Waals surface area contributed by atoms with Crippen LogP contribution in [0, 0.1) is 35.5 Å². The summed E-state index contributed by atoms with van der Waals surface area (Å²) >= 11 is 0. The lowest BCUT2D eigenvalue weighted by molar-refractivity contribution is 0.206. The van der Waals surface area contributed by atoms with Gasteiger partial charge in [0.25, 0.3) is 0 Å². The molecule has 0 radical (unpaired) electrons. The number of nitrogens with two attached hydrogens (primary N) is 2. The van der Waals surface area contributed by atoms with Crippen LogP contribution in [-0.2, 0) is 0 Å². The Balaban J connectivity index is 1.84. The third kappa shape index (κ3) is 1.04. The predicted octanol–water partition coefficient (Wildman–Crippen LogP) is 1.20. The highest BCUT2D eigenvalue weighted by Gasteiger charge is 2.55. The summed E-state index contributed by atoms with van der Waals surface area (Å²) in [4.78, 5) is 0. The van der Waals surface area contributed by atoms with Crippen molar-refractivity contribution < 1.29 is 0 Å². The third-order valence-electron chi connectivity index (χ3n) is 5.41. The number of rotatable bonds is 2. The van der Waals surface area contributed by atoms with Gasteiger partial charge in [0.2, 0.25) is 0 Å². The van der Waals surface area contributed by atoms with Gasteiger partial charge in [-0.15, -0.1) is 0 Å². The Labute approximate surface area is 86.4 Å². The van der Waals surface area contributed by atoms with Gasteiger partial charge in [0.1, 0.15) is 0 Å². The van der Waals surface area contributed by atoms with Crippen molar-refractivity contribution in [2.75, 3.05) is 13.1 Å². The third-order valence-corrected chi connectivity index (χ3v) is 5.41. The van der Waals surface area contributed by atoms with Crippen LogP contribution in [0.4, 0.5) is 0 Å². The van der Waals surface area contributed by atoms with Gasteiger partial charge in [0.15, 0.2) is 0 Å². The van der Waals surface area contributed by atoms with E-state index in [4.69, 9.17) is 11.5 Å². The van der Waals surface area contributed by atoms with Gasteiger partial charge in [0, 0.05) is 0 Å². The van der Waals surface area contributed by atoms with Crippen molar-refractivity contribution in [1.29, 1.82) is 0 Å². The van der Waals surface area contributed by atoms with E-state index in [1.54, 1.807) is 0 Å². The van der Waals surface area contributed by atoms with E-state index in [-0.39, 0.29) is 0 Å². The van der Waals surface area contributed by atoms with E-state index >= 15 is 0 Å². The molecule has 0 aliphatic heterocycles. The van der Waals surface area contributed by atoms with E-state index in [1.165, 1.54) is 25.7 Å². The molecule has 2 nitrogen and oxygen atoms in total. The van der Waals surface area contributed by atoms with Crippen LogP contribution >= 0.6 is 0 Å². The van der Waals surface area contributed by atoms with E-state index in [2.05, 4.69) is 0 Å². The number of hydrogen-bond acceptors (Lipinski definition) is 2. The average Bonchev–Trinajstić information content (AvgIpc) is 2.87. The van der Waals surface area contributed by atoms with Crippen LogP contribution in [0.15, 0.2) is 0 Å². The maximum absolute atomic E-state index is 5.93. The molecule has 0 aromatic carbocycles. The summed E-state index contributed by atoms with van der Waals surface area (Å²) < 4.78 is 0. The molecule has 4 N–H and O–H groups in total. The first-order valence-electron chi connectivity index (χ1n) is 6.25. The van der Waals surface area contributed by atoms with Gasteiger partial charge in [-0.1, -0.05) is 0 Å². The van der Waals surface area contributed by atoms with Crippen molar-refractivity contribution in [3.63, 3.8) is 0 Å². The molecular formula is C12H22N2. The Bertz CT molecular complexity index is 228. The summed E-state index contributed by atoms with van der Waals surface area (Å²) in [6.07, 6.45) is 5.90. The molecule has 3 fully saturated rings. The zero-order chi connectivity index (χ0) is 9.71. The fourth-order valence-electron chi connectivity index (χ4n) is 4.93. The lowest BCUT2D eigenvalue weighted by atomic mass is 9.77. The average molecular weight is 194 g/mol. The van der Waals surface area contributed by atoms with Crippen LogP contribution in [0.25, 0.3) is 0 Å². The van der Waals surface area contributed by atoms with Gasteiger partial charge in [-0.05, 0) is 74.3 Å². The van der Waals surface area contributed by atoms with Gasteiger partial charge in [0.05, 0.1) is 0 Å². The summed E-state index contributed by atoms with van der Waals surface area (Å²) in [7, 11) is 0. The molecule has 80 valence electrons. The Morgan fingerprint density at radius 1 is 0.929 bits per heavy atom. The lowest BCUT2D eigenvalue weighted by Crippen LogP contribution is -2.31. The predicted molar refractivity (Wildman–Crippen MR) is 57.5 cm³/mol. The molecule has 0 aromatic heterocycles. The van der Waals surface area contributed by atoms with E-state index in [0.717, 1.165) is 48.6 Å². The Morgan fingerprint density at radius 2 is 1.71 bits per heavy atom. The van der Waals surface area contributed by atoms with Crippen LogP contribution in [-0.4, -0.2) is 13.1 Å². The monoisotopic (exact) mass is 194 g/mol. The molecule has 14 heavy (non-hydrogen) atoms. The minimum Gasteiger partial charge on any atom is -0.330 e. The minimum absolute atomic E-state index is 0.749. The van der Waals surface area contributed by atoms with E-state index in [0.29, 0.717) is 0 Å². The second-order valence-corrected chi connectivity index (χ2v) is 5.71. The molecule has 2 bridgehead atoms. The van der Waals surface area contributed by atoms with Crippen molar-refractivity contribution in [1.82, 2.24) is 0 Å². The Morgan fingerprint density at radius 3 is 2.43 bits per heavy atom. The smallest absolute Gasteiger partial charge is 0.00429 e. The number of fused-ring (bicyclic) bond motifs is 5. The second-order valence-electron chi connectivity index (χ2n) is 5.71. The van der Waals surface area contributed by atoms with Crippen LogP contribution in [0.3, 0.4) is 0 Å². The highest BCUT2D eigenvalue weighted by atomic mass is 14.7. The highest BCUT2D eigenvalue weighted by molar-refractivity contribution is 5.05. The molecule has 0 heterocycles. The molecule has 3 aliphatic rings. The van der Waals surface area contributed by atoms with Crippen LogP contribution < -0.4 is 11.5 Å². The molecule has 0 spiro atoms. The van der Waals surface area contributed by atoms with Gasteiger partial charge in [-0.3, -0.25) is 0 Å². The molecule has 3 rings (SSSR count). The highest BCUT2D eigenvalue weighted by Crippen LogP contribution is 2.61. The fourth-order valence-corrected chi connectivity index (χ4v) is 4.93. The minimum atomic E-state index is 0.749. The first kappa shape index (κ1) is 9.17. The molecule has 3 saturated carbocycles. The van der Waals surface area contributed by atoms with E-state index < -0.39 is 0 Å². The standard InChI is InChI=1S/C12H22N2/c13-5-9-4-10-7-1-2-8(3-7)12(10)11(9)6-14/h7-12H,1-6,13-14H2/t7-,8+,9+,10-,11+,12+/m1/s1. The summed E-state index contributed by atoms with van der Waals surface area (Å²) in [6, 6.07) is 0. The summed E-state index contributed by atoms with van der Waals surface area (Å²) in [5, 5.41) is 0. The van der Waals surface area contributed by atoms with Crippen molar-refractivity contribution >= 4 is 0 Å². The molecule has 3 aliphatic carbocycles. The molecule has 2 heteroatoms. The largest absolute Gasteiger partial charge is 0.330 e. The second kappa shape index (κ2) is 3.21. The van der Waals surface area contributed by atoms with Crippen molar-refractivity contribution in [2.24, 2.45) is 47.0 Å². The molecule has 0 aromatic rings. The summed E-state index contributed by atoms with van der Waals surface area (Å²) in [5.41, 5.74) is 11.8. The maximum atomic E-state index is 5.93.